The van der Waals surface area contributed by atoms with Gasteiger partial charge in [0.2, 0.25) is 11.8 Å². The Morgan fingerprint density at radius 1 is 1.14 bits per heavy atom. The Morgan fingerprint density at radius 3 is 2.33 bits per heavy atom. The molecule has 0 spiro atoms. The molecule has 244 valence electrons. The van der Waals surface area contributed by atoms with E-state index < -0.39 is 47.8 Å². The summed E-state index contributed by atoms with van der Waals surface area (Å²) in [6, 6.07) is -0.155. The van der Waals surface area contributed by atoms with E-state index in [1.54, 1.807) is 18.9 Å². The molecule has 2 N–H and O–H groups in total. The molecule has 2 aliphatic heterocycles. The summed E-state index contributed by atoms with van der Waals surface area (Å²) < 4.78 is 19.1. The molecule has 2 amide bonds. The fraction of sp³-hybridized carbons (Fsp3) is 0.903. The number of nitrogens with one attached hydrogen (secondary N) is 1. The van der Waals surface area contributed by atoms with E-state index in [-0.39, 0.29) is 43.0 Å². The Kier molecular flexibility index (Phi) is 13.7. The van der Waals surface area contributed by atoms with Crippen LogP contribution in [-0.4, -0.2) is 128 Å². The largest absolute Gasteiger partial charge is 0.460 e. The summed E-state index contributed by atoms with van der Waals surface area (Å²) in [4.78, 5) is 45.0. The van der Waals surface area contributed by atoms with Crippen molar-refractivity contribution in [2.45, 2.75) is 105 Å². The number of hydrogen-bond donors (Lipinski definition) is 2. The second kappa shape index (κ2) is 15.8. The number of aliphatic hydroxyl groups excluding tert-OH is 1. The van der Waals surface area contributed by atoms with E-state index in [1.807, 2.05) is 51.6 Å². The van der Waals surface area contributed by atoms with Crippen molar-refractivity contribution in [1.29, 1.82) is 0 Å². The van der Waals surface area contributed by atoms with Gasteiger partial charge in [-0.2, -0.15) is 0 Å². The standard InChI is InChI=1S/C31H58N4O7/c1-12-35(13-2)18-25(37)41-27-21(5)28(42-30-26(38)23(33(9)10)14-20(4)40-30)31(7,8)15-19(3)17-34(11)24(36)16-32-29(39)22(27)6/h19-23,26-28,30,38H,12-18H2,1-11H3,(H,32,39)/t19-,20-,21+,22-,23+,26-,27+,28-,30+/m1/s1. The van der Waals surface area contributed by atoms with Crippen LogP contribution in [0.3, 0.4) is 0 Å². The predicted molar refractivity (Wildman–Crippen MR) is 162 cm³/mol. The summed E-state index contributed by atoms with van der Waals surface area (Å²) >= 11 is 0. The third-order valence-corrected chi connectivity index (χ3v) is 9.04. The zero-order valence-electron chi connectivity index (χ0n) is 27.9. The molecule has 2 fully saturated rings. The molecule has 0 aromatic heterocycles. The maximum Gasteiger partial charge on any atom is 0.320 e. The van der Waals surface area contributed by atoms with E-state index in [0.717, 1.165) is 0 Å². The summed E-state index contributed by atoms with van der Waals surface area (Å²) in [7, 11) is 5.60. The van der Waals surface area contributed by atoms with Crippen LogP contribution in [0.15, 0.2) is 0 Å². The van der Waals surface area contributed by atoms with Crippen LogP contribution in [0.4, 0.5) is 0 Å². The quantitative estimate of drug-likeness (QED) is 0.404. The maximum atomic E-state index is 13.4. The van der Waals surface area contributed by atoms with Crippen LogP contribution in [0.25, 0.3) is 0 Å². The summed E-state index contributed by atoms with van der Waals surface area (Å²) in [6.45, 7) is 17.7. The molecule has 0 aromatic rings. The van der Waals surface area contributed by atoms with Gasteiger partial charge in [0.05, 0.1) is 31.2 Å². The molecule has 11 heteroatoms. The molecular weight excluding hydrogens is 540 g/mol. The van der Waals surface area contributed by atoms with E-state index in [0.29, 0.717) is 32.5 Å². The number of ether oxygens (including phenoxy) is 3. The molecule has 2 heterocycles. The van der Waals surface area contributed by atoms with Gasteiger partial charge in [-0.25, -0.2) is 0 Å². The molecule has 0 aromatic carbocycles. The zero-order chi connectivity index (χ0) is 31.9. The lowest BCUT2D eigenvalue weighted by molar-refractivity contribution is -0.291. The number of nitrogens with zero attached hydrogens (tertiary/aromatic N) is 3. The molecule has 0 bridgehead atoms. The first-order valence-corrected chi connectivity index (χ1v) is 15.6. The fourth-order valence-electron chi connectivity index (χ4n) is 6.73. The second-order valence-corrected chi connectivity index (χ2v) is 13.5. The van der Waals surface area contributed by atoms with Crippen LogP contribution < -0.4 is 5.32 Å². The molecule has 2 rings (SSSR count). The molecule has 2 aliphatic rings. The number of esters is 1. The van der Waals surface area contributed by atoms with Crippen molar-refractivity contribution in [2.75, 3.05) is 53.9 Å². The third kappa shape index (κ3) is 9.61. The first kappa shape index (κ1) is 36.4. The minimum atomic E-state index is -0.903. The van der Waals surface area contributed by atoms with Gasteiger partial charge in [0.15, 0.2) is 6.29 Å². The number of rotatable bonds is 8. The van der Waals surface area contributed by atoms with Crippen molar-refractivity contribution in [3.63, 3.8) is 0 Å². The number of hydrogen-bond acceptors (Lipinski definition) is 9. The Labute approximate surface area is 253 Å². The minimum Gasteiger partial charge on any atom is -0.460 e. The lowest BCUT2D eigenvalue weighted by Gasteiger charge is -2.47. The maximum absolute atomic E-state index is 13.4. The van der Waals surface area contributed by atoms with E-state index in [2.05, 4.69) is 26.1 Å². The van der Waals surface area contributed by atoms with Crippen LogP contribution in [0.5, 0.6) is 0 Å². The summed E-state index contributed by atoms with van der Waals surface area (Å²) in [5.74, 6) is -2.08. The van der Waals surface area contributed by atoms with Crippen molar-refractivity contribution >= 4 is 17.8 Å². The molecule has 0 radical (unpaired) electrons. The molecule has 9 atom stereocenters. The van der Waals surface area contributed by atoms with Gasteiger partial charge in [0.25, 0.3) is 0 Å². The number of amides is 2. The van der Waals surface area contributed by atoms with Crippen LogP contribution >= 0.6 is 0 Å². The van der Waals surface area contributed by atoms with Gasteiger partial charge >= 0.3 is 5.97 Å². The smallest absolute Gasteiger partial charge is 0.320 e. The number of likely N-dealkylation sites (N-methyl/N-ethyl adjacent to an activating group) is 3. The molecule has 42 heavy (non-hydrogen) atoms. The number of aliphatic hydroxyl groups is 1. The van der Waals surface area contributed by atoms with Gasteiger partial charge < -0.3 is 34.4 Å². The van der Waals surface area contributed by atoms with Crippen molar-refractivity contribution < 1.29 is 33.7 Å². The molecule has 0 unspecified atom stereocenters. The topological polar surface area (TPSA) is 121 Å². The molecule has 0 saturated carbocycles. The highest BCUT2D eigenvalue weighted by Crippen LogP contribution is 2.41. The van der Waals surface area contributed by atoms with Crippen LogP contribution in [-0.2, 0) is 28.6 Å². The Hall–Kier alpha value is -1.79. The van der Waals surface area contributed by atoms with E-state index in [4.69, 9.17) is 14.2 Å². The Balaban J connectivity index is 2.55. The number of carbonyl (C=O) groups is 3. The number of carbonyl (C=O) groups excluding carboxylic acids is 3. The van der Waals surface area contributed by atoms with Crippen molar-refractivity contribution in [1.82, 2.24) is 20.0 Å². The van der Waals surface area contributed by atoms with Crippen LogP contribution in [0.1, 0.15) is 68.2 Å². The van der Waals surface area contributed by atoms with Gasteiger partial charge in [0.1, 0.15) is 12.2 Å². The second-order valence-electron chi connectivity index (χ2n) is 13.5. The SMILES string of the molecule is CCN(CC)CC(=O)O[C@H]1[C@H](C)[C@@H](O[C@@H]2O[C@H](C)C[C@H](N(C)C)[C@H]2O)C(C)(C)C[C@@H](C)CN(C)C(=O)CNC(=O)[C@@H]1C. The molecule has 11 nitrogen and oxygen atoms in total. The molecule has 2 saturated heterocycles. The average molecular weight is 599 g/mol. The normalized spacial score (nSPS) is 35.3. The highest BCUT2D eigenvalue weighted by Gasteiger charge is 2.48. The van der Waals surface area contributed by atoms with Gasteiger partial charge in [0, 0.05) is 25.6 Å². The average Bonchev–Trinajstić information content (AvgIpc) is 2.91. The minimum absolute atomic E-state index is 0.103. The monoisotopic (exact) mass is 598 g/mol. The molecular formula is C31H58N4O7. The Bertz CT molecular complexity index is 897. The highest BCUT2D eigenvalue weighted by atomic mass is 16.7. The summed E-state index contributed by atoms with van der Waals surface area (Å²) in [5.41, 5.74) is -0.506. The van der Waals surface area contributed by atoms with Gasteiger partial charge in [-0.3, -0.25) is 19.3 Å². The lowest BCUT2D eigenvalue weighted by Crippen LogP contribution is -2.57. The first-order chi connectivity index (χ1) is 19.5. The fourth-order valence-corrected chi connectivity index (χ4v) is 6.73. The van der Waals surface area contributed by atoms with Crippen molar-refractivity contribution in [3.05, 3.63) is 0 Å². The van der Waals surface area contributed by atoms with E-state index in [9.17, 15) is 19.5 Å². The van der Waals surface area contributed by atoms with Gasteiger partial charge in [-0.15, -0.1) is 0 Å². The van der Waals surface area contributed by atoms with E-state index >= 15 is 0 Å². The van der Waals surface area contributed by atoms with Crippen molar-refractivity contribution in [2.24, 2.45) is 23.2 Å². The summed E-state index contributed by atoms with van der Waals surface area (Å²) in [6.07, 6.45) is -1.98. The van der Waals surface area contributed by atoms with Crippen LogP contribution in [0, 0.1) is 23.2 Å². The predicted octanol–water partition coefficient (Wildman–Crippen LogP) is 1.96. The van der Waals surface area contributed by atoms with E-state index in [1.165, 1.54) is 0 Å². The van der Waals surface area contributed by atoms with Gasteiger partial charge in [-0.05, 0) is 58.3 Å². The highest BCUT2D eigenvalue weighted by molar-refractivity contribution is 5.86. The zero-order valence-corrected chi connectivity index (χ0v) is 27.9. The first-order valence-electron chi connectivity index (χ1n) is 15.6. The lowest BCUT2D eigenvalue weighted by atomic mass is 9.71. The van der Waals surface area contributed by atoms with Crippen molar-refractivity contribution in [3.8, 4) is 0 Å². The van der Waals surface area contributed by atoms with Gasteiger partial charge in [-0.1, -0.05) is 48.5 Å². The molecule has 0 aliphatic carbocycles. The Morgan fingerprint density at radius 2 is 1.76 bits per heavy atom. The summed E-state index contributed by atoms with van der Waals surface area (Å²) in [5, 5.41) is 14.1. The van der Waals surface area contributed by atoms with Crippen LogP contribution in [0.2, 0.25) is 0 Å². The third-order valence-electron chi connectivity index (χ3n) is 9.04.